The number of rotatable bonds is 1. The fourth-order valence-electron chi connectivity index (χ4n) is 1.62. The van der Waals surface area contributed by atoms with Crippen molar-refractivity contribution in [3.8, 4) is 0 Å². The predicted molar refractivity (Wildman–Crippen MR) is 60.4 cm³/mol. The van der Waals surface area contributed by atoms with Gasteiger partial charge < -0.3 is 4.42 Å². The summed E-state index contributed by atoms with van der Waals surface area (Å²) >= 11 is 0. The van der Waals surface area contributed by atoms with Crippen molar-refractivity contribution in [2.45, 2.75) is 0 Å². The van der Waals surface area contributed by atoms with Crippen molar-refractivity contribution in [1.82, 2.24) is 0 Å². The van der Waals surface area contributed by atoms with Crippen LogP contribution in [0.5, 0.6) is 0 Å². The molecule has 0 aliphatic heterocycles. The first-order chi connectivity index (χ1) is 7.43. The summed E-state index contributed by atoms with van der Waals surface area (Å²) in [7, 11) is 0. The molecule has 1 heteroatoms. The van der Waals surface area contributed by atoms with Crippen LogP contribution in [-0.4, -0.2) is 0 Å². The fraction of sp³-hybridized carbons (Fsp3) is 0. The number of benzene rings is 1. The second-order valence-electron chi connectivity index (χ2n) is 3.37. The maximum absolute atomic E-state index is 5.72. The molecule has 3 rings (SSSR count). The summed E-state index contributed by atoms with van der Waals surface area (Å²) in [5, 5.41) is 1.13. The molecule has 1 aromatic heterocycles. The van der Waals surface area contributed by atoms with Gasteiger partial charge >= 0.3 is 0 Å². The summed E-state index contributed by atoms with van der Waals surface area (Å²) in [5.74, 6) is 0.876. The number of fused-ring (bicyclic) bond motifs is 1. The molecule has 0 radical (unpaired) electrons. The van der Waals surface area contributed by atoms with Crippen LogP contribution in [0.2, 0.25) is 0 Å². The Morgan fingerprint density at radius 1 is 1.07 bits per heavy atom. The van der Waals surface area contributed by atoms with Crippen molar-refractivity contribution in [3.05, 3.63) is 65.8 Å². The van der Waals surface area contributed by atoms with Gasteiger partial charge in [-0.15, -0.1) is 0 Å². The Kier molecular flexibility index (Phi) is 1.73. The van der Waals surface area contributed by atoms with Crippen molar-refractivity contribution in [2.24, 2.45) is 0 Å². The van der Waals surface area contributed by atoms with E-state index in [1.807, 2.05) is 48.6 Å². The Morgan fingerprint density at radius 2 is 2.00 bits per heavy atom. The molecule has 0 amide bonds. The van der Waals surface area contributed by atoms with Crippen LogP contribution in [0.3, 0.4) is 0 Å². The van der Waals surface area contributed by atoms with Crippen molar-refractivity contribution < 1.29 is 4.42 Å². The van der Waals surface area contributed by atoms with Gasteiger partial charge in [-0.3, -0.25) is 0 Å². The van der Waals surface area contributed by atoms with Crippen LogP contribution < -0.4 is 0 Å². The maximum Gasteiger partial charge on any atom is 0.136 e. The summed E-state index contributed by atoms with van der Waals surface area (Å²) in [5.41, 5.74) is 7.74. The molecule has 1 heterocycles. The van der Waals surface area contributed by atoms with E-state index in [1.165, 1.54) is 0 Å². The molecule has 0 saturated carbocycles. The quantitative estimate of drug-likeness (QED) is 0.628. The lowest BCUT2D eigenvalue weighted by atomic mass is 10.1. The SMILES string of the molecule is C1=C=CC(c2cc3ccccc3o2)=CC=1. The van der Waals surface area contributed by atoms with Crippen molar-refractivity contribution in [2.75, 3.05) is 0 Å². The lowest BCUT2D eigenvalue weighted by Gasteiger charge is -1.94. The summed E-state index contributed by atoms with van der Waals surface area (Å²) in [6.07, 6.45) is 5.68. The van der Waals surface area contributed by atoms with Crippen LogP contribution in [0.1, 0.15) is 5.76 Å². The van der Waals surface area contributed by atoms with Gasteiger partial charge in [0.25, 0.3) is 0 Å². The van der Waals surface area contributed by atoms with E-state index in [0.29, 0.717) is 0 Å². The Labute approximate surface area is 87.3 Å². The van der Waals surface area contributed by atoms with E-state index in [9.17, 15) is 0 Å². The average molecular weight is 192 g/mol. The van der Waals surface area contributed by atoms with Gasteiger partial charge in [0.05, 0.1) is 0 Å². The third-order valence-electron chi connectivity index (χ3n) is 2.37. The first kappa shape index (κ1) is 8.14. The molecule has 2 aromatic rings. The van der Waals surface area contributed by atoms with Crippen molar-refractivity contribution in [1.29, 1.82) is 0 Å². The molecule has 0 atom stereocenters. The Hall–Kier alpha value is -2.20. The Balaban J connectivity index is 2.17. The smallest absolute Gasteiger partial charge is 0.136 e. The molecule has 1 nitrogen and oxygen atoms in total. The maximum atomic E-state index is 5.72. The van der Waals surface area contributed by atoms with E-state index in [-0.39, 0.29) is 0 Å². The molecule has 70 valence electrons. The van der Waals surface area contributed by atoms with Gasteiger partial charge in [-0.1, -0.05) is 29.7 Å². The zero-order chi connectivity index (χ0) is 10.1. The number of para-hydroxylation sites is 1. The molecule has 0 bridgehead atoms. The lowest BCUT2D eigenvalue weighted by molar-refractivity contribution is 0.601. The van der Waals surface area contributed by atoms with Crippen LogP contribution in [0.15, 0.2) is 64.4 Å². The topological polar surface area (TPSA) is 13.1 Å². The third kappa shape index (κ3) is 1.37. The number of furan rings is 1. The molecule has 1 aliphatic carbocycles. The zero-order valence-corrected chi connectivity index (χ0v) is 8.03. The molecule has 0 spiro atoms. The lowest BCUT2D eigenvalue weighted by Crippen LogP contribution is -1.75. The van der Waals surface area contributed by atoms with Gasteiger partial charge in [-0.25, -0.2) is 0 Å². The minimum Gasteiger partial charge on any atom is -0.456 e. The molecule has 1 aromatic carbocycles. The van der Waals surface area contributed by atoms with Crippen LogP contribution in [-0.2, 0) is 0 Å². The van der Waals surface area contributed by atoms with Gasteiger partial charge in [0.1, 0.15) is 11.3 Å². The summed E-state index contributed by atoms with van der Waals surface area (Å²) in [6.45, 7) is 0. The van der Waals surface area contributed by atoms with E-state index in [1.54, 1.807) is 0 Å². The zero-order valence-electron chi connectivity index (χ0n) is 8.03. The third-order valence-corrected chi connectivity index (χ3v) is 2.37. The monoisotopic (exact) mass is 192 g/mol. The summed E-state index contributed by atoms with van der Waals surface area (Å²) in [4.78, 5) is 0. The molecule has 0 N–H and O–H groups in total. The van der Waals surface area contributed by atoms with Crippen LogP contribution in [0.25, 0.3) is 16.5 Å². The second-order valence-corrected chi connectivity index (χ2v) is 3.37. The van der Waals surface area contributed by atoms with E-state index in [0.717, 1.165) is 22.3 Å². The Bertz CT molecular complexity index is 610. The van der Waals surface area contributed by atoms with Gasteiger partial charge in [0.15, 0.2) is 0 Å². The van der Waals surface area contributed by atoms with E-state index in [4.69, 9.17) is 4.42 Å². The minimum absolute atomic E-state index is 0.876. The van der Waals surface area contributed by atoms with Crippen LogP contribution >= 0.6 is 0 Å². The highest BCUT2D eigenvalue weighted by Gasteiger charge is 2.05. The molecule has 0 unspecified atom stereocenters. The van der Waals surface area contributed by atoms with Gasteiger partial charge in [-0.2, -0.15) is 0 Å². The molecule has 15 heavy (non-hydrogen) atoms. The first-order valence-corrected chi connectivity index (χ1v) is 4.80. The van der Waals surface area contributed by atoms with E-state index < -0.39 is 0 Å². The highest BCUT2D eigenvalue weighted by molar-refractivity contribution is 5.84. The average Bonchev–Trinajstić information content (AvgIpc) is 2.74. The molecule has 0 fully saturated rings. The number of hydrogen-bond acceptors (Lipinski definition) is 1. The number of allylic oxidation sites excluding steroid dienone is 4. The predicted octanol–water partition coefficient (Wildman–Crippen LogP) is 3.70. The van der Waals surface area contributed by atoms with Crippen LogP contribution in [0, 0.1) is 0 Å². The molecule has 0 saturated heterocycles. The normalized spacial score (nSPS) is 13.5. The fourth-order valence-corrected chi connectivity index (χ4v) is 1.62. The molecule has 1 aliphatic rings. The summed E-state index contributed by atoms with van der Waals surface area (Å²) < 4.78 is 5.72. The van der Waals surface area contributed by atoms with Crippen LogP contribution in [0.4, 0.5) is 0 Å². The standard InChI is InChI=1S/C14H8O/c1-2-6-11(7-3-1)14-10-12-8-4-5-9-13(12)15-14/h2,4-10H. The second kappa shape index (κ2) is 3.18. The first-order valence-electron chi connectivity index (χ1n) is 4.80. The number of hydrogen-bond donors (Lipinski definition) is 0. The molecular formula is C14H8O. The summed E-state index contributed by atoms with van der Waals surface area (Å²) in [6, 6.07) is 10.0. The van der Waals surface area contributed by atoms with Gasteiger partial charge in [-0.05, 0) is 30.4 Å². The largest absolute Gasteiger partial charge is 0.456 e. The van der Waals surface area contributed by atoms with E-state index in [2.05, 4.69) is 11.5 Å². The van der Waals surface area contributed by atoms with Crippen molar-refractivity contribution in [3.63, 3.8) is 0 Å². The molecular weight excluding hydrogens is 184 g/mol. The highest BCUT2D eigenvalue weighted by Crippen LogP contribution is 2.25. The van der Waals surface area contributed by atoms with E-state index >= 15 is 0 Å². The highest BCUT2D eigenvalue weighted by atomic mass is 16.3. The minimum atomic E-state index is 0.876. The van der Waals surface area contributed by atoms with Crippen molar-refractivity contribution >= 4 is 16.5 Å². The Morgan fingerprint density at radius 3 is 2.80 bits per heavy atom. The van der Waals surface area contributed by atoms with Gasteiger partial charge in [0.2, 0.25) is 0 Å². The van der Waals surface area contributed by atoms with Gasteiger partial charge in [0, 0.05) is 11.0 Å².